The molecule has 0 aliphatic carbocycles. The highest BCUT2D eigenvalue weighted by molar-refractivity contribution is 6.22. The quantitative estimate of drug-likeness (QED) is 0.220. The van der Waals surface area contributed by atoms with Crippen molar-refractivity contribution in [2.75, 3.05) is 0 Å². The van der Waals surface area contributed by atoms with Gasteiger partial charge in [0.05, 0.1) is 27.6 Å². The standard InChI is InChI=1S/C38H26N4/c1-23-19-24(2)21-25(20-23)30-22-31-27-12-6-9-17-34(27)41(36(31)28-13-4-3-11-26(28)30)38-40-32-15-7-5-14-29(32)37-39-33-16-8-10-18-35(33)42(37)38/h3-22H,1-2H3. The van der Waals surface area contributed by atoms with Crippen LogP contribution in [0.4, 0.5) is 0 Å². The fourth-order valence-corrected chi connectivity index (χ4v) is 6.88. The molecule has 0 N–H and O–H groups in total. The topological polar surface area (TPSA) is 35.1 Å². The Bertz CT molecular complexity index is 2530. The van der Waals surface area contributed by atoms with Crippen LogP contribution >= 0.6 is 0 Å². The van der Waals surface area contributed by atoms with Gasteiger partial charge in [-0.1, -0.05) is 96.1 Å². The predicted octanol–water partition coefficient (Wildman–Crippen LogP) is 9.57. The third kappa shape index (κ3) is 3.18. The van der Waals surface area contributed by atoms with E-state index in [1.54, 1.807) is 0 Å². The third-order valence-electron chi connectivity index (χ3n) is 8.53. The van der Waals surface area contributed by atoms with E-state index in [0.29, 0.717) is 0 Å². The Balaban J connectivity index is 1.52. The zero-order valence-corrected chi connectivity index (χ0v) is 23.3. The molecule has 3 heterocycles. The van der Waals surface area contributed by atoms with Gasteiger partial charge in [-0.05, 0) is 66.8 Å². The van der Waals surface area contributed by atoms with E-state index in [9.17, 15) is 0 Å². The van der Waals surface area contributed by atoms with Gasteiger partial charge in [0.15, 0.2) is 0 Å². The minimum Gasteiger partial charge on any atom is -0.278 e. The lowest BCUT2D eigenvalue weighted by molar-refractivity contribution is 0.982. The molecular formula is C38H26N4. The van der Waals surface area contributed by atoms with E-state index < -0.39 is 0 Å². The molecule has 0 fully saturated rings. The molecule has 0 radical (unpaired) electrons. The molecule has 0 aliphatic heterocycles. The smallest absolute Gasteiger partial charge is 0.221 e. The lowest BCUT2D eigenvalue weighted by Gasteiger charge is -2.15. The van der Waals surface area contributed by atoms with E-state index in [-0.39, 0.29) is 0 Å². The highest BCUT2D eigenvalue weighted by atomic mass is 15.2. The maximum absolute atomic E-state index is 5.36. The monoisotopic (exact) mass is 538 g/mol. The van der Waals surface area contributed by atoms with E-state index >= 15 is 0 Å². The lowest BCUT2D eigenvalue weighted by atomic mass is 9.93. The number of para-hydroxylation sites is 4. The summed E-state index contributed by atoms with van der Waals surface area (Å²) < 4.78 is 4.59. The number of hydrogen-bond acceptors (Lipinski definition) is 2. The van der Waals surface area contributed by atoms with Crippen molar-refractivity contribution < 1.29 is 0 Å². The maximum Gasteiger partial charge on any atom is 0.221 e. The SMILES string of the molecule is Cc1cc(C)cc(-c2cc3c4ccccc4n(-c4nc5ccccc5c5nc6ccccc6n45)c3c3ccccc23)c1. The minimum absolute atomic E-state index is 0.841. The Morgan fingerprint density at radius 1 is 0.500 bits per heavy atom. The van der Waals surface area contributed by atoms with Gasteiger partial charge in [-0.15, -0.1) is 0 Å². The molecule has 4 nitrogen and oxygen atoms in total. The minimum atomic E-state index is 0.841. The van der Waals surface area contributed by atoms with Gasteiger partial charge in [-0.25, -0.2) is 9.97 Å². The molecule has 6 aromatic carbocycles. The Hall–Kier alpha value is -5.48. The molecule has 0 unspecified atom stereocenters. The highest BCUT2D eigenvalue weighted by Gasteiger charge is 2.22. The predicted molar refractivity (Wildman–Crippen MR) is 175 cm³/mol. The van der Waals surface area contributed by atoms with Crippen LogP contribution in [0.15, 0.2) is 121 Å². The zero-order valence-electron chi connectivity index (χ0n) is 23.3. The van der Waals surface area contributed by atoms with Gasteiger partial charge >= 0.3 is 0 Å². The number of imidazole rings is 1. The van der Waals surface area contributed by atoms with Crippen molar-refractivity contribution in [2.24, 2.45) is 0 Å². The van der Waals surface area contributed by atoms with Crippen LogP contribution in [0, 0.1) is 13.8 Å². The summed E-state index contributed by atoms with van der Waals surface area (Å²) in [5.74, 6) is 0.841. The van der Waals surface area contributed by atoms with Crippen molar-refractivity contribution in [3.63, 3.8) is 0 Å². The van der Waals surface area contributed by atoms with Crippen LogP contribution in [-0.4, -0.2) is 18.9 Å². The first-order valence-corrected chi connectivity index (χ1v) is 14.4. The number of hydrogen-bond donors (Lipinski definition) is 0. The van der Waals surface area contributed by atoms with Crippen LogP contribution in [0.5, 0.6) is 0 Å². The molecule has 3 aromatic heterocycles. The summed E-state index contributed by atoms with van der Waals surface area (Å²) >= 11 is 0. The Labute approximate surface area is 242 Å². The van der Waals surface area contributed by atoms with E-state index in [1.165, 1.54) is 43.8 Å². The number of aromatic nitrogens is 4. The molecule has 0 aliphatic rings. The van der Waals surface area contributed by atoms with Crippen molar-refractivity contribution in [3.05, 3.63) is 132 Å². The fourth-order valence-electron chi connectivity index (χ4n) is 6.88. The summed E-state index contributed by atoms with van der Waals surface area (Å²) in [7, 11) is 0. The number of nitrogens with zero attached hydrogens (tertiary/aromatic N) is 4. The van der Waals surface area contributed by atoms with Gasteiger partial charge in [-0.2, -0.15) is 0 Å². The fraction of sp³-hybridized carbons (Fsp3) is 0.0526. The molecule has 9 aromatic rings. The number of benzene rings is 6. The van der Waals surface area contributed by atoms with Gasteiger partial charge < -0.3 is 0 Å². The Morgan fingerprint density at radius 3 is 1.90 bits per heavy atom. The van der Waals surface area contributed by atoms with Crippen LogP contribution in [0.3, 0.4) is 0 Å². The summed E-state index contributed by atoms with van der Waals surface area (Å²) in [5.41, 5.74) is 11.2. The molecule has 9 rings (SSSR count). The number of fused-ring (bicyclic) bond motifs is 10. The first kappa shape index (κ1) is 23.2. The Kier molecular flexibility index (Phi) is 4.71. The van der Waals surface area contributed by atoms with Crippen LogP contribution in [0.2, 0.25) is 0 Å². The van der Waals surface area contributed by atoms with Gasteiger partial charge in [0.25, 0.3) is 0 Å². The summed E-state index contributed by atoms with van der Waals surface area (Å²) in [6, 6.07) is 43.4. The van der Waals surface area contributed by atoms with Crippen LogP contribution < -0.4 is 0 Å². The molecule has 0 bridgehead atoms. The summed E-state index contributed by atoms with van der Waals surface area (Å²) in [5, 5.41) is 5.89. The van der Waals surface area contributed by atoms with Crippen LogP contribution in [-0.2, 0) is 0 Å². The highest BCUT2D eigenvalue weighted by Crippen LogP contribution is 2.42. The summed E-state index contributed by atoms with van der Waals surface area (Å²) in [4.78, 5) is 10.5. The third-order valence-corrected chi connectivity index (χ3v) is 8.53. The first-order chi connectivity index (χ1) is 20.7. The van der Waals surface area contributed by atoms with Crippen molar-refractivity contribution >= 4 is 60.2 Å². The second kappa shape index (κ2) is 8.51. The van der Waals surface area contributed by atoms with E-state index in [0.717, 1.165) is 44.6 Å². The molecule has 0 spiro atoms. The van der Waals surface area contributed by atoms with E-state index in [4.69, 9.17) is 9.97 Å². The van der Waals surface area contributed by atoms with Crippen LogP contribution in [0.1, 0.15) is 11.1 Å². The van der Waals surface area contributed by atoms with E-state index in [1.807, 2.05) is 6.07 Å². The molecule has 0 atom stereocenters. The van der Waals surface area contributed by atoms with Crippen molar-refractivity contribution in [1.29, 1.82) is 0 Å². The van der Waals surface area contributed by atoms with Crippen molar-refractivity contribution in [3.8, 4) is 17.1 Å². The molecule has 198 valence electrons. The number of rotatable bonds is 2. The summed E-state index contributed by atoms with van der Waals surface area (Å²) in [6.07, 6.45) is 0. The van der Waals surface area contributed by atoms with Crippen LogP contribution in [0.25, 0.3) is 77.2 Å². The van der Waals surface area contributed by atoms with Gasteiger partial charge in [0.1, 0.15) is 5.65 Å². The van der Waals surface area contributed by atoms with Gasteiger partial charge in [-0.3, -0.25) is 8.97 Å². The Morgan fingerprint density at radius 2 is 1.12 bits per heavy atom. The van der Waals surface area contributed by atoms with E-state index in [2.05, 4.69) is 138 Å². The first-order valence-electron chi connectivity index (χ1n) is 14.4. The normalized spacial score (nSPS) is 12.0. The lowest BCUT2D eigenvalue weighted by Crippen LogP contribution is -2.06. The molecule has 42 heavy (non-hydrogen) atoms. The molecule has 0 amide bonds. The summed E-state index contributed by atoms with van der Waals surface area (Å²) in [6.45, 7) is 4.35. The number of aryl methyl sites for hydroxylation is 2. The average Bonchev–Trinajstić information content (AvgIpc) is 3.57. The maximum atomic E-state index is 5.36. The second-order valence-electron chi connectivity index (χ2n) is 11.3. The van der Waals surface area contributed by atoms with Gasteiger partial charge in [0, 0.05) is 21.5 Å². The zero-order chi connectivity index (χ0) is 27.9. The molecule has 0 saturated heterocycles. The van der Waals surface area contributed by atoms with Crippen molar-refractivity contribution in [2.45, 2.75) is 13.8 Å². The molecule has 4 heteroatoms. The second-order valence-corrected chi connectivity index (χ2v) is 11.3. The van der Waals surface area contributed by atoms with Gasteiger partial charge in [0.2, 0.25) is 5.95 Å². The largest absolute Gasteiger partial charge is 0.278 e. The molecule has 0 saturated carbocycles. The van der Waals surface area contributed by atoms with Crippen molar-refractivity contribution in [1.82, 2.24) is 18.9 Å². The molecular weight excluding hydrogens is 512 g/mol. The average molecular weight is 539 g/mol.